The van der Waals surface area contributed by atoms with Crippen molar-refractivity contribution in [3.05, 3.63) is 22.0 Å². The van der Waals surface area contributed by atoms with E-state index in [2.05, 4.69) is 22.3 Å². The van der Waals surface area contributed by atoms with E-state index < -0.39 is 11.9 Å². The Morgan fingerprint density at radius 1 is 1.32 bits per heavy atom. The number of thiazole rings is 2. The maximum absolute atomic E-state index is 9.10. The third-order valence-corrected chi connectivity index (χ3v) is 4.90. The summed E-state index contributed by atoms with van der Waals surface area (Å²) in [6, 6.07) is 0. The molecular formula is C13H15N3O4S2. The van der Waals surface area contributed by atoms with Crippen molar-refractivity contribution in [2.24, 2.45) is 0 Å². The third kappa shape index (κ3) is 4.33. The van der Waals surface area contributed by atoms with Crippen molar-refractivity contribution in [2.75, 3.05) is 20.1 Å². The number of likely N-dealkylation sites (N-methyl/N-ethyl adjacent to an activating group) is 1. The van der Waals surface area contributed by atoms with Crippen LogP contribution in [-0.2, 0) is 9.59 Å². The number of hydrogen-bond donors (Lipinski definition) is 2. The van der Waals surface area contributed by atoms with Gasteiger partial charge < -0.3 is 15.1 Å². The first kappa shape index (κ1) is 16.5. The molecule has 0 aromatic carbocycles. The summed E-state index contributed by atoms with van der Waals surface area (Å²) >= 11 is 3.43. The van der Waals surface area contributed by atoms with Gasteiger partial charge in [0.25, 0.3) is 0 Å². The number of aliphatic carboxylic acids is 2. The molecular weight excluding hydrogens is 326 g/mol. The van der Waals surface area contributed by atoms with Crippen LogP contribution in [0.1, 0.15) is 17.3 Å². The zero-order valence-electron chi connectivity index (χ0n) is 11.8. The van der Waals surface area contributed by atoms with E-state index in [0.29, 0.717) is 5.92 Å². The Morgan fingerprint density at radius 3 is 2.55 bits per heavy atom. The molecule has 0 spiro atoms. The third-order valence-electron chi connectivity index (χ3n) is 3.10. The fourth-order valence-electron chi connectivity index (χ4n) is 2.06. The summed E-state index contributed by atoms with van der Waals surface area (Å²) in [7, 11) is 2.18. The average Bonchev–Trinajstić information content (AvgIpc) is 3.19. The minimum Gasteiger partial charge on any atom is -0.473 e. The van der Waals surface area contributed by atoms with Gasteiger partial charge in [-0.25, -0.2) is 19.6 Å². The van der Waals surface area contributed by atoms with Crippen LogP contribution in [0.3, 0.4) is 0 Å². The first-order chi connectivity index (χ1) is 10.5. The van der Waals surface area contributed by atoms with E-state index in [1.807, 2.05) is 11.6 Å². The van der Waals surface area contributed by atoms with Gasteiger partial charge in [0.15, 0.2) is 0 Å². The largest absolute Gasteiger partial charge is 0.473 e. The first-order valence-corrected chi connectivity index (χ1v) is 8.23. The Labute approximate surface area is 134 Å². The maximum Gasteiger partial charge on any atom is 0.414 e. The van der Waals surface area contributed by atoms with Crippen LogP contribution in [0.4, 0.5) is 0 Å². The van der Waals surface area contributed by atoms with Crippen molar-refractivity contribution in [1.29, 1.82) is 0 Å². The number of nitrogens with zero attached hydrogens (tertiary/aromatic N) is 3. The van der Waals surface area contributed by atoms with Crippen LogP contribution in [0, 0.1) is 0 Å². The lowest BCUT2D eigenvalue weighted by Gasteiger charge is -2.06. The van der Waals surface area contributed by atoms with Gasteiger partial charge in [-0.1, -0.05) is 0 Å². The van der Waals surface area contributed by atoms with E-state index in [0.717, 1.165) is 17.2 Å². The van der Waals surface area contributed by atoms with Gasteiger partial charge in [-0.05, 0) is 20.0 Å². The molecule has 0 aliphatic carbocycles. The van der Waals surface area contributed by atoms with Crippen LogP contribution >= 0.6 is 22.7 Å². The number of hydrogen-bond acceptors (Lipinski definition) is 7. The molecule has 0 radical (unpaired) electrons. The number of rotatable bonds is 2. The van der Waals surface area contributed by atoms with Gasteiger partial charge in [0.2, 0.25) is 0 Å². The Morgan fingerprint density at radius 2 is 2.05 bits per heavy atom. The second-order valence-corrected chi connectivity index (χ2v) is 6.55. The zero-order valence-corrected chi connectivity index (χ0v) is 13.4. The van der Waals surface area contributed by atoms with Crippen LogP contribution in [0.5, 0.6) is 0 Å². The molecule has 7 nitrogen and oxygen atoms in total. The molecule has 3 rings (SSSR count). The van der Waals surface area contributed by atoms with Gasteiger partial charge in [-0.3, -0.25) is 0 Å². The molecule has 0 saturated carbocycles. The topological polar surface area (TPSA) is 104 Å². The molecule has 2 N–H and O–H groups in total. The lowest BCUT2D eigenvalue weighted by atomic mass is 10.1. The van der Waals surface area contributed by atoms with Crippen LogP contribution in [-0.4, -0.2) is 57.2 Å². The zero-order chi connectivity index (χ0) is 16.1. The lowest BCUT2D eigenvalue weighted by molar-refractivity contribution is -0.159. The summed E-state index contributed by atoms with van der Waals surface area (Å²) in [6.45, 7) is 2.33. The molecule has 0 amide bonds. The number of carboxylic acid groups (broad SMARTS) is 2. The minimum atomic E-state index is -1.82. The second-order valence-electron chi connectivity index (χ2n) is 4.77. The number of aromatic nitrogens is 2. The molecule has 2 aromatic heterocycles. The quantitative estimate of drug-likeness (QED) is 0.803. The highest BCUT2D eigenvalue weighted by Crippen LogP contribution is 2.32. The van der Waals surface area contributed by atoms with E-state index in [1.54, 1.807) is 22.7 Å². The first-order valence-electron chi connectivity index (χ1n) is 6.47. The normalized spacial score (nSPS) is 17.8. The highest BCUT2D eigenvalue weighted by molar-refractivity contribution is 7.14. The fraction of sp³-hybridized carbons (Fsp3) is 0.385. The molecule has 1 aliphatic heterocycles. The minimum absolute atomic E-state index is 0.628. The van der Waals surface area contributed by atoms with Gasteiger partial charge >= 0.3 is 11.9 Å². The fourth-order valence-corrected chi connectivity index (χ4v) is 3.66. The summed E-state index contributed by atoms with van der Waals surface area (Å²) in [5, 5.41) is 21.2. The molecule has 0 bridgehead atoms. The van der Waals surface area contributed by atoms with E-state index in [9.17, 15) is 0 Å². The molecule has 1 atom stereocenters. The van der Waals surface area contributed by atoms with Crippen LogP contribution in [0.25, 0.3) is 10.7 Å². The molecule has 118 valence electrons. The molecule has 22 heavy (non-hydrogen) atoms. The summed E-state index contributed by atoms with van der Waals surface area (Å²) in [6.07, 6.45) is 3.07. The van der Waals surface area contributed by atoms with E-state index >= 15 is 0 Å². The van der Waals surface area contributed by atoms with Crippen molar-refractivity contribution >= 4 is 34.6 Å². The van der Waals surface area contributed by atoms with Crippen LogP contribution < -0.4 is 0 Å². The number of carbonyl (C=O) groups is 2. The molecule has 1 unspecified atom stereocenters. The lowest BCUT2D eigenvalue weighted by Crippen LogP contribution is -2.13. The van der Waals surface area contributed by atoms with Crippen LogP contribution in [0.15, 0.2) is 17.0 Å². The smallest absolute Gasteiger partial charge is 0.414 e. The maximum atomic E-state index is 9.10. The molecule has 9 heteroatoms. The second kappa shape index (κ2) is 7.43. The Balaban J connectivity index is 0.000000254. The highest BCUT2D eigenvalue weighted by Gasteiger charge is 2.24. The predicted molar refractivity (Wildman–Crippen MR) is 83.3 cm³/mol. The highest BCUT2D eigenvalue weighted by atomic mass is 32.1. The van der Waals surface area contributed by atoms with Gasteiger partial charge in [-0.15, -0.1) is 22.7 Å². The summed E-state index contributed by atoms with van der Waals surface area (Å²) < 4.78 is 0. The number of carboxylic acids is 2. The van der Waals surface area contributed by atoms with Gasteiger partial charge in [0, 0.05) is 29.4 Å². The van der Waals surface area contributed by atoms with Crippen molar-refractivity contribution in [2.45, 2.75) is 12.3 Å². The molecule has 3 heterocycles. The summed E-state index contributed by atoms with van der Waals surface area (Å²) in [5.74, 6) is -3.02. The monoisotopic (exact) mass is 341 g/mol. The van der Waals surface area contributed by atoms with Crippen molar-refractivity contribution in [3.8, 4) is 10.7 Å². The van der Waals surface area contributed by atoms with Gasteiger partial charge in [-0.2, -0.15) is 0 Å². The van der Waals surface area contributed by atoms with Crippen molar-refractivity contribution in [3.63, 3.8) is 0 Å². The van der Waals surface area contributed by atoms with Gasteiger partial charge in [0.05, 0.1) is 5.01 Å². The van der Waals surface area contributed by atoms with Crippen LogP contribution in [0.2, 0.25) is 0 Å². The number of likely N-dealkylation sites (tertiary alicyclic amines) is 1. The van der Waals surface area contributed by atoms with Crippen molar-refractivity contribution in [1.82, 2.24) is 14.9 Å². The molecule has 1 fully saturated rings. The molecule has 1 saturated heterocycles. The summed E-state index contributed by atoms with van der Waals surface area (Å²) in [5.41, 5.74) is 1.05. The Kier molecular flexibility index (Phi) is 5.58. The van der Waals surface area contributed by atoms with E-state index in [1.165, 1.54) is 18.0 Å². The summed E-state index contributed by atoms with van der Waals surface area (Å²) in [4.78, 5) is 29.6. The van der Waals surface area contributed by atoms with E-state index in [4.69, 9.17) is 24.8 Å². The van der Waals surface area contributed by atoms with Gasteiger partial charge in [0.1, 0.15) is 10.7 Å². The molecule has 2 aromatic rings. The predicted octanol–water partition coefficient (Wildman–Crippen LogP) is 1.84. The Hall–Kier alpha value is -1.84. The Bertz CT molecular complexity index is 630. The van der Waals surface area contributed by atoms with E-state index in [-0.39, 0.29) is 0 Å². The SMILES string of the molecule is CN1CCC(c2nc(-c3nccs3)cs2)C1.O=C(O)C(=O)O. The average molecular weight is 341 g/mol. The standard InChI is InChI=1S/C11H13N3S2.C2H2O4/c1-14-4-2-8(6-14)10-13-9(7-16-10)11-12-3-5-15-11;3-1(4)2(5)6/h3,5,7-8H,2,4,6H2,1H3;(H,3,4)(H,5,6). The van der Waals surface area contributed by atoms with Crippen molar-refractivity contribution < 1.29 is 19.8 Å². The molecule has 1 aliphatic rings.